The molecule has 31 heavy (non-hydrogen) atoms. The van der Waals surface area contributed by atoms with Gasteiger partial charge in [0.1, 0.15) is 11.8 Å². The Morgan fingerprint density at radius 2 is 1.90 bits per heavy atom. The van der Waals surface area contributed by atoms with E-state index in [1.54, 1.807) is 16.4 Å². The number of rotatable bonds is 11. The second kappa shape index (κ2) is 11.2. The molecule has 2 aromatic rings. The van der Waals surface area contributed by atoms with Crippen molar-refractivity contribution in [2.75, 3.05) is 24.8 Å². The SMILES string of the molecule is CCCCCOc1ccc(C2C(C(=O)OC)=C(C)Nc3nc(SCCCC)nn32)cc1. The van der Waals surface area contributed by atoms with Crippen LogP contribution in [0.3, 0.4) is 0 Å². The molecule has 0 saturated carbocycles. The lowest BCUT2D eigenvalue weighted by atomic mass is 9.96. The van der Waals surface area contributed by atoms with Crippen molar-refractivity contribution in [3.8, 4) is 5.75 Å². The van der Waals surface area contributed by atoms with Crippen LogP contribution in [0.4, 0.5) is 5.95 Å². The number of thioether (sulfide) groups is 1. The summed E-state index contributed by atoms with van der Waals surface area (Å²) in [6.45, 7) is 6.91. The normalized spacial score (nSPS) is 15.4. The number of aromatic nitrogens is 3. The Hall–Kier alpha value is -2.48. The van der Waals surface area contributed by atoms with Crippen molar-refractivity contribution in [3.05, 3.63) is 41.1 Å². The van der Waals surface area contributed by atoms with Gasteiger partial charge in [0.15, 0.2) is 0 Å². The first kappa shape index (κ1) is 23.2. The minimum Gasteiger partial charge on any atom is -0.494 e. The van der Waals surface area contributed by atoms with Gasteiger partial charge >= 0.3 is 5.97 Å². The predicted octanol–water partition coefficient (Wildman–Crippen LogP) is 5.20. The second-order valence-corrected chi connectivity index (χ2v) is 8.61. The van der Waals surface area contributed by atoms with Crippen molar-refractivity contribution < 1.29 is 14.3 Å². The molecule has 3 rings (SSSR count). The highest BCUT2D eigenvalue weighted by Gasteiger charge is 2.34. The maximum absolute atomic E-state index is 12.6. The van der Waals surface area contributed by atoms with Crippen molar-refractivity contribution in [1.29, 1.82) is 0 Å². The molecule has 2 heterocycles. The van der Waals surface area contributed by atoms with Crippen LogP contribution in [-0.2, 0) is 9.53 Å². The molecule has 0 saturated heterocycles. The Kier molecular flexibility index (Phi) is 8.40. The minimum atomic E-state index is -0.411. The average Bonchev–Trinajstić information content (AvgIpc) is 3.18. The van der Waals surface area contributed by atoms with Gasteiger partial charge in [-0.25, -0.2) is 9.48 Å². The summed E-state index contributed by atoms with van der Waals surface area (Å²) in [4.78, 5) is 17.3. The van der Waals surface area contributed by atoms with Crippen LogP contribution in [0.5, 0.6) is 5.75 Å². The molecule has 0 spiro atoms. The maximum Gasteiger partial charge on any atom is 0.338 e. The molecule has 0 amide bonds. The quantitative estimate of drug-likeness (QED) is 0.290. The van der Waals surface area contributed by atoms with Crippen molar-refractivity contribution >= 4 is 23.7 Å². The van der Waals surface area contributed by atoms with Gasteiger partial charge in [0.2, 0.25) is 11.1 Å². The van der Waals surface area contributed by atoms with E-state index in [1.807, 2.05) is 31.2 Å². The Morgan fingerprint density at radius 1 is 1.16 bits per heavy atom. The van der Waals surface area contributed by atoms with Gasteiger partial charge in [0.05, 0.1) is 19.3 Å². The number of esters is 1. The van der Waals surface area contributed by atoms with Crippen LogP contribution in [-0.4, -0.2) is 40.2 Å². The molecule has 1 aliphatic rings. The molecule has 1 aromatic carbocycles. The van der Waals surface area contributed by atoms with Crippen molar-refractivity contribution in [3.63, 3.8) is 0 Å². The lowest BCUT2D eigenvalue weighted by Gasteiger charge is -2.27. The van der Waals surface area contributed by atoms with E-state index in [0.717, 1.165) is 48.4 Å². The van der Waals surface area contributed by atoms with E-state index in [9.17, 15) is 4.79 Å². The summed E-state index contributed by atoms with van der Waals surface area (Å²) >= 11 is 1.63. The number of unbranched alkanes of at least 4 members (excludes halogenated alkanes) is 3. The molecule has 0 bridgehead atoms. The summed E-state index contributed by atoms with van der Waals surface area (Å²) in [6, 6.07) is 7.45. The minimum absolute atomic E-state index is 0.378. The van der Waals surface area contributed by atoms with E-state index in [2.05, 4.69) is 24.1 Å². The molecule has 0 fully saturated rings. The Balaban J connectivity index is 1.88. The number of anilines is 1. The molecule has 168 valence electrons. The third-order valence-corrected chi connectivity index (χ3v) is 6.10. The first-order valence-corrected chi connectivity index (χ1v) is 12.0. The fourth-order valence-corrected chi connectivity index (χ4v) is 4.38. The molecule has 0 radical (unpaired) electrons. The fourth-order valence-electron chi connectivity index (χ4n) is 3.47. The zero-order valence-corrected chi connectivity index (χ0v) is 19.6. The predicted molar refractivity (Wildman–Crippen MR) is 124 cm³/mol. The lowest BCUT2D eigenvalue weighted by molar-refractivity contribution is -0.136. The third-order valence-electron chi connectivity index (χ3n) is 5.18. The average molecular weight is 445 g/mol. The summed E-state index contributed by atoms with van der Waals surface area (Å²) < 4.78 is 12.7. The summed E-state index contributed by atoms with van der Waals surface area (Å²) in [5, 5.41) is 8.63. The van der Waals surface area contributed by atoms with Crippen LogP contribution < -0.4 is 10.1 Å². The number of nitrogens with zero attached hydrogens (tertiary/aromatic N) is 3. The van der Waals surface area contributed by atoms with Gasteiger partial charge in [0.25, 0.3) is 0 Å². The highest BCUT2D eigenvalue weighted by molar-refractivity contribution is 7.99. The van der Waals surface area contributed by atoms with E-state index < -0.39 is 6.04 Å². The smallest absolute Gasteiger partial charge is 0.338 e. The number of allylic oxidation sites excluding steroid dienone is 1. The zero-order chi connectivity index (χ0) is 22.2. The number of hydrogen-bond acceptors (Lipinski definition) is 7. The van der Waals surface area contributed by atoms with Gasteiger partial charge in [-0.05, 0) is 37.5 Å². The Labute approximate surface area is 188 Å². The number of benzene rings is 1. The van der Waals surface area contributed by atoms with Crippen molar-refractivity contribution in [2.45, 2.75) is 64.1 Å². The van der Waals surface area contributed by atoms with Gasteiger partial charge in [-0.3, -0.25) is 0 Å². The first-order valence-electron chi connectivity index (χ1n) is 11.0. The molecule has 1 aliphatic heterocycles. The van der Waals surface area contributed by atoms with Crippen LogP contribution >= 0.6 is 11.8 Å². The molecular weight excluding hydrogens is 412 g/mol. The van der Waals surface area contributed by atoms with Crippen LogP contribution in [0.2, 0.25) is 0 Å². The molecule has 7 nitrogen and oxygen atoms in total. The lowest BCUT2D eigenvalue weighted by Crippen LogP contribution is -2.29. The topological polar surface area (TPSA) is 78.3 Å². The van der Waals surface area contributed by atoms with E-state index in [4.69, 9.17) is 14.6 Å². The number of fused-ring (bicyclic) bond motifs is 1. The van der Waals surface area contributed by atoms with Gasteiger partial charge in [0, 0.05) is 11.4 Å². The van der Waals surface area contributed by atoms with E-state index in [0.29, 0.717) is 23.3 Å². The number of methoxy groups -OCH3 is 1. The van der Waals surface area contributed by atoms with Gasteiger partial charge in [-0.2, -0.15) is 4.98 Å². The number of ether oxygens (including phenoxy) is 2. The molecule has 1 atom stereocenters. The van der Waals surface area contributed by atoms with E-state index in [1.165, 1.54) is 13.5 Å². The molecule has 1 N–H and O–H groups in total. The number of hydrogen-bond donors (Lipinski definition) is 1. The number of carbonyl (C=O) groups excluding carboxylic acids is 1. The van der Waals surface area contributed by atoms with Gasteiger partial charge in [-0.15, -0.1) is 5.10 Å². The highest BCUT2D eigenvalue weighted by Crippen LogP contribution is 2.37. The largest absolute Gasteiger partial charge is 0.494 e. The fraction of sp³-hybridized carbons (Fsp3) is 0.522. The third kappa shape index (κ3) is 5.61. The standard InChI is InChI=1S/C23H32N4O3S/c1-5-7-9-14-30-18-12-10-17(11-13-18)20-19(21(28)29-4)16(3)24-22-25-23(26-27(20)22)31-15-8-6-2/h10-13,20H,5-9,14-15H2,1-4H3,(H,24,25,26). The first-order chi connectivity index (χ1) is 15.1. The number of carbonyl (C=O) groups is 1. The zero-order valence-electron chi connectivity index (χ0n) is 18.8. The Bertz CT molecular complexity index is 908. The molecular formula is C23H32N4O3S. The van der Waals surface area contributed by atoms with Crippen LogP contribution in [0.25, 0.3) is 0 Å². The summed E-state index contributed by atoms with van der Waals surface area (Å²) in [6.07, 6.45) is 5.60. The van der Waals surface area contributed by atoms with Gasteiger partial charge < -0.3 is 14.8 Å². The van der Waals surface area contributed by atoms with Gasteiger partial charge in [-0.1, -0.05) is 57.0 Å². The summed E-state index contributed by atoms with van der Waals surface area (Å²) in [7, 11) is 1.40. The van der Waals surface area contributed by atoms with Crippen molar-refractivity contribution in [1.82, 2.24) is 14.8 Å². The summed E-state index contributed by atoms with van der Waals surface area (Å²) in [5.41, 5.74) is 2.18. The van der Waals surface area contributed by atoms with E-state index in [-0.39, 0.29) is 5.97 Å². The van der Waals surface area contributed by atoms with E-state index >= 15 is 0 Å². The number of nitrogens with one attached hydrogen (secondary N) is 1. The monoisotopic (exact) mass is 444 g/mol. The highest BCUT2D eigenvalue weighted by atomic mass is 32.2. The van der Waals surface area contributed by atoms with Crippen LogP contribution in [0, 0.1) is 0 Å². The molecule has 8 heteroatoms. The van der Waals surface area contributed by atoms with Crippen molar-refractivity contribution in [2.24, 2.45) is 0 Å². The molecule has 1 aromatic heterocycles. The summed E-state index contributed by atoms with van der Waals surface area (Å²) in [5.74, 6) is 2.04. The molecule has 1 unspecified atom stereocenters. The molecule has 0 aliphatic carbocycles. The maximum atomic E-state index is 12.6. The second-order valence-electron chi connectivity index (χ2n) is 7.55. The Morgan fingerprint density at radius 3 is 2.58 bits per heavy atom. The van der Waals surface area contributed by atoms with Crippen LogP contribution in [0.15, 0.2) is 40.7 Å². The van der Waals surface area contributed by atoms with Crippen LogP contribution in [0.1, 0.15) is 64.5 Å².